The monoisotopic (exact) mass is 241 g/mol. The third-order valence-electron chi connectivity index (χ3n) is 4.26. The van der Waals surface area contributed by atoms with Crippen LogP contribution in [0.4, 0.5) is 0 Å². The van der Waals surface area contributed by atoms with Crippen molar-refractivity contribution in [3.63, 3.8) is 0 Å². The largest absolute Gasteiger partial charge is 0.392 e. The third-order valence-corrected chi connectivity index (χ3v) is 4.26. The fourth-order valence-corrected chi connectivity index (χ4v) is 2.92. The minimum atomic E-state index is -0.164. The van der Waals surface area contributed by atoms with Crippen LogP contribution in [-0.2, 0) is 0 Å². The van der Waals surface area contributed by atoms with Crippen LogP contribution in [0.25, 0.3) is 0 Å². The fraction of sp³-hybridized carbons (Fsp3) is 1.00. The molecule has 1 fully saturated rings. The van der Waals surface area contributed by atoms with Gasteiger partial charge in [-0.05, 0) is 45.1 Å². The van der Waals surface area contributed by atoms with Gasteiger partial charge in [-0.25, -0.2) is 0 Å². The quantitative estimate of drug-likeness (QED) is 0.738. The van der Waals surface area contributed by atoms with E-state index in [1.165, 1.54) is 32.1 Å². The Morgan fingerprint density at radius 2 is 1.76 bits per heavy atom. The summed E-state index contributed by atoms with van der Waals surface area (Å²) in [4.78, 5) is 2.58. The maximum absolute atomic E-state index is 10.1. The van der Waals surface area contributed by atoms with Crippen molar-refractivity contribution < 1.29 is 5.11 Å². The second-order valence-electron chi connectivity index (χ2n) is 6.07. The summed E-state index contributed by atoms with van der Waals surface area (Å²) in [5.74, 6) is 0.755. The first kappa shape index (κ1) is 15.0. The third kappa shape index (κ3) is 4.59. The van der Waals surface area contributed by atoms with Crippen LogP contribution in [0.3, 0.4) is 0 Å². The van der Waals surface area contributed by atoms with E-state index < -0.39 is 0 Å². The summed E-state index contributed by atoms with van der Waals surface area (Å²) in [6.07, 6.45) is 7.36. The molecule has 0 amide bonds. The molecule has 17 heavy (non-hydrogen) atoms. The molecule has 2 nitrogen and oxygen atoms in total. The molecule has 0 spiro atoms. The smallest absolute Gasteiger partial charge is 0.0690 e. The van der Waals surface area contributed by atoms with Crippen molar-refractivity contribution in [3.8, 4) is 0 Å². The molecule has 102 valence electrons. The normalized spacial score (nSPS) is 21.4. The molecule has 1 aliphatic carbocycles. The van der Waals surface area contributed by atoms with Crippen molar-refractivity contribution in [2.45, 2.75) is 84.4 Å². The molecule has 0 heterocycles. The molecule has 0 saturated heterocycles. The van der Waals surface area contributed by atoms with Crippen molar-refractivity contribution >= 4 is 0 Å². The zero-order valence-corrected chi connectivity index (χ0v) is 12.2. The predicted molar refractivity (Wildman–Crippen MR) is 74.2 cm³/mol. The maximum Gasteiger partial charge on any atom is 0.0690 e. The van der Waals surface area contributed by atoms with Gasteiger partial charge in [-0.2, -0.15) is 0 Å². The molecule has 0 aromatic rings. The average Bonchev–Trinajstić information content (AvgIpc) is 2.81. The van der Waals surface area contributed by atoms with Crippen LogP contribution < -0.4 is 0 Å². The predicted octanol–water partition coefficient (Wildman–Crippen LogP) is 3.44. The summed E-state index contributed by atoms with van der Waals surface area (Å²) >= 11 is 0. The standard InChI is InChI=1S/C15H31NO/c1-5-15(17)13(4)16(11-10-12(2)3)14-8-6-7-9-14/h12-15,17H,5-11H2,1-4H3. The van der Waals surface area contributed by atoms with Crippen LogP contribution in [-0.4, -0.2) is 34.7 Å². The number of nitrogens with zero attached hydrogens (tertiary/aromatic N) is 1. The summed E-state index contributed by atoms with van der Waals surface area (Å²) in [6, 6.07) is 1.05. The van der Waals surface area contributed by atoms with Gasteiger partial charge in [0.15, 0.2) is 0 Å². The minimum absolute atomic E-state index is 0.164. The molecule has 1 saturated carbocycles. The average molecular weight is 241 g/mol. The Morgan fingerprint density at radius 3 is 2.24 bits per heavy atom. The van der Waals surface area contributed by atoms with E-state index in [1.807, 2.05) is 0 Å². The zero-order chi connectivity index (χ0) is 12.8. The van der Waals surface area contributed by atoms with Crippen LogP contribution in [0.1, 0.15) is 66.2 Å². The highest BCUT2D eigenvalue weighted by atomic mass is 16.3. The summed E-state index contributed by atoms with van der Waals surface area (Å²) < 4.78 is 0. The van der Waals surface area contributed by atoms with Crippen molar-refractivity contribution in [2.75, 3.05) is 6.54 Å². The minimum Gasteiger partial charge on any atom is -0.392 e. The molecule has 0 bridgehead atoms. The van der Waals surface area contributed by atoms with E-state index in [0.717, 1.165) is 24.9 Å². The van der Waals surface area contributed by atoms with E-state index in [1.54, 1.807) is 0 Å². The van der Waals surface area contributed by atoms with Crippen LogP contribution >= 0.6 is 0 Å². The Bertz CT molecular complexity index is 199. The first-order chi connectivity index (χ1) is 8.06. The summed E-state index contributed by atoms with van der Waals surface area (Å²) in [5.41, 5.74) is 0. The number of aliphatic hydroxyl groups excluding tert-OH is 1. The van der Waals surface area contributed by atoms with Gasteiger partial charge in [-0.3, -0.25) is 4.90 Å². The van der Waals surface area contributed by atoms with Gasteiger partial charge in [0.05, 0.1) is 6.10 Å². The lowest BCUT2D eigenvalue weighted by Gasteiger charge is -2.37. The van der Waals surface area contributed by atoms with Crippen molar-refractivity contribution in [3.05, 3.63) is 0 Å². The van der Waals surface area contributed by atoms with Crippen LogP contribution in [0.5, 0.6) is 0 Å². The highest BCUT2D eigenvalue weighted by Crippen LogP contribution is 2.27. The lowest BCUT2D eigenvalue weighted by molar-refractivity contribution is 0.0293. The van der Waals surface area contributed by atoms with E-state index in [0.29, 0.717) is 6.04 Å². The summed E-state index contributed by atoms with van der Waals surface area (Å²) in [5, 5.41) is 10.1. The highest BCUT2D eigenvalue weighted by Gasteiger charge is 2.29. The van der Waals surface area contributed by atoms with Gasteiger partial charge in [0.2, 0.25) is 0 Å². The van der Waals surface area contributed by atoms with Gasteiger partial charge in [0.1, 0.15) is 0 Å². The Hall–Kier alpha value is -0.0800. The Kier molecular flexibility index (Phi) is 6.50. The molecule has 0 radical (unpaired) electrons. The topological polar surface area (TPSA) is 23.5 Å². The van der Waals surface area contributed by atoms with Crippen molar-refractivity contribution in [2.24, 2.45) is 5.92 Å². The molecule has 2 heteroatoms. The molecule has 0 aromatic heterocycles. The second-order valence-corrected chi connectivity index (χ2v) is 6.07. The number of hydrogen-bond donors (Lipinski definition) is 1. The van der Waals surface area contributed by atoms with Gasteiger partial charge in [0.25, 0.3) is 0 Å². The van der Waals surface area contributed by atoms with E-state index >= 15 is 0 Å². The molecule has 2 atom stereocenters. The van der Waals surface area contributed by atoms with Gasteiger partial charge in [-0.15, -0.1) is 0 Å². The molecule has 2 unspecified atom stereocenters. The second kappa shape index (κ2) is 7.38. The SMILES string of the molecule is CCC(O)C(C)N(CCC(C)C)C1CCCC1. The molecular weight excluding hydrogens is 210 g/mol. The van der Waals surface area contributed by atoms with Crippen LogP contribution in [0, 0.1) is 5.92 Å². The van der Waals surface area contributed by atoms with Crippen LogP contribution in [0.2, 0.25) is 0 Å². The molecule has 0 aliphatic heterocycles. The first-order valence-electron chi connectivity index (χ1n) is 7.50. The lowest BCUT2D eigenvalue weighted by atomic mass is 10.0. The van der Waals surface area contributed by atoms with Gasteiger partial charge >= 0.3 is 0 Å². The number of rotatable bonds is 7. The molecule has 1 rings (SSSR count). The molecule has 0 aromatic carbocycles. The Labute approximate surface area is 107 Å². The van der Waals surface area contributed by atoms with Gasteiger partial charge < -0.3 is 5.11 Å². The van der Waals surface area contributed by atoms with E-state index in [2.05, 4.69) is 32.6 Å². The Balaban J connectivity index is 2.56. The number of hydrogen-bond acceptors (Lipinski definition) is 2. The van der Waals surface area contributed by atoms with Crippen molar-refractivity contribution in [1.29, 1.82) is 0 Å². The van der Waals surface area contributed by atoms with Crippen LogP contribution in [0.15, 0.2) is 0 Å². The molecule has 1 N–H and O–H groups in total. The van der Waals surface area contributed by atoms with Crippen molar-refractivity contribution in [1.82, 2.24) is 4.90 Å². The lowest BCUT2D eigenvalue weighted by Crippen LogP contribution is -2.47. The van der Waals surface area contributed by atoms with E-state index in [9.17, 15) is 5.11 Å². The Morgan fingerprint density at radius 1 is 1.18 bits per heavy atom. The maximum atomic E-state index is 10.1. The number of aliphatic hydroxyl groups is 1. The van der Waals surface area contributed by atoms with Gasteiger partial charge in [-0.1, -0.05) is 33.6 Å². The van der Waals surface area contributed by atoms with Gasteiger partial charge in [0, 0.05) is 12.1 Å². The highest BCUT2D eigenvalue weighted by molar-refractivity contribution is 4.84. The van der Waals surface area contributed by atoms with E-state index in [-0.39, 0.29) is 6.10 Å². The zero-order valence-electron chi connectivity index (χ0n) is 12.2. The summed E-state index contributed by atoms with van der Waals surface area (Å²) in [7, 11) is 0. The molecular formula is C15H31NO. The first-order valence-corrected chi connectivity index (χ1v) is 7.50. The molecule has 1 aliphatic rings. The van der Waals surface area contributed by atoms with E-state index in [4.69, 9.17) is 0 Å². The summed E-state index contributed by atoms with van der Waals surface area (Å²) in [6.45, 7) is 10.0. The fourth-order valence-electron chi connectivity index (χ4n) is 2.92.